The summed E-state index contributed by atoms with van der Waals surface area (Å²) in [7, 11) is -2.02. The molecule has 1 aliphatic rings. The molecule has 2 rings (SSSR count). The van der Waals surface area contributed by atoms with Crippen molar-refractivity contribution in [3.8, 4) is 5.75 Å². The van der Waals surface area contributed by atoms with E-state index in [0.29, 0.717) is 25.4 Å². The molecule has 1 aromatic rings. The molecule has 1 heterocycles. The van der Waals surface area contributed by atoms with Gasteiger partial charge in [0.15, 0.2) is 0 Å². The van der Waals surface area contributed by atoms with Crippen LogP contribution in [0.3, 0.4) is 0 Å². The van der Waals surface area contributed by atoms with Gasteiger partial charge in [-0.05, 0) is 38.0 Å². The van der Waals surface area contributed by atoms with Gasteiger partial charge in [0, 0.05) is 25.7 Å². The molecule has 112 valence electrons. The zero-order valence-electron chi connectivity index (χ0n) is 12.4. The minimum absolute atomic E-state index is 0.0562. The number of aryl methyl sites for hydroxylation is 2. The van der Waals surface area contributed by atoms with Crippen molar-refractivity contribution < 1.29 is 13.2 Å². The Kier molecular flexibility index (Phi) is 4.36. The molecule has 1 saturated heterocycles. The van der Waals surface area contributed by atoms with Gasteiger partial charge >= 0.3 is 0 Å². The van der Waals surface area contributed by atoms with Crippen LogP contribution in [-0.2, 0) is 10.0 Å². The number of ether oxygens (including phenoxy) is 1. The number of sulfonamides is 1. The average Bonchev–Trinajstić information content (AvgIpc) is 2.38. The lowest BCUT2D eigenvalue weighted by atomic mass is 10.1. The van der Waals surface area contributed by atoms with Gasteiger partial charge in [-0.2, -0.15) is 4.31 Å². The van der Waals surface area contributed by atoms with Gasteiger partial charge in [-0.1, -0.05) is 6.07 Å². The molecule has 5 nitrogen and oxygen atoms in total. The fourth-order valence-electron chi connectivity index (χ4n) is 2.67. The summed E-state index contributed by atoms with van der Waals surface area (Å²) >= 11 is 0. The van der Waals surface area contributed by atoms with Crippen LogP contribution in [0.25, 0.3) is 0 Å². The lowest BCUT2D eigenvalue weighted by molar-refractivity contribution is 0.282. The Hall–Kier alpha value is -1.11. The highest BCUT2D eigenvalue weighted by atomic mass is 32.2. The van der Waals surface area contributed by atoms with E-state index in [1.54, 1.807) is 10.4 Å². The zero-order valence-corrected chi connectivity index (χ0v) is 13.3. The van der Waals surface area contributed by atoms with E-state index in [-0.39, 0.29) is 10.9 Å². The first kappa shape index (κ1) is 15.3. The van der Waals surface area contributed by atoms with Crippen molar-refractivity contribution in [3.63, 3.8) is 0 Å². The van der Waals surface area contributed by atoms with Gasteiger partial charge in [0.05, 0.1) is 7.11 Å². The largest absolute Gasteiger partial charge is 0.495 e. The second-order valence-corrected chi connectivity index (χ2v) is 7.14. The minimum Gasteiger partial charge on any atom is -0.495 e. The third-order valence-corrected chi connectivity index (χ3v) is 5.63. The number of nitrogens with zero attached hydrogens (tertiary/aromatic N) is 1. The van der Waals surface area contributed by atoms with E-state index in [0.717, 1.165) is 11.1 Å². The van der Waals surface area contributed by atoms with Crippen LogP contribution < -0.4 is 10.1 Å². The van der Waals surface area contributed by atoms with Gasteiger partial charge in [-0.25, -0.2) is 8.42 Å². The van der Waals surface area contributed by atoms with E-state index < -0.39 is 10.0 Å². The van der Waals surface area contributed by atoms with Crippen LogP contribution in [-0.4, -0.2) is 45.5 Å². The molecule has 1 fully saturated rings. The number of piperazine rings is 1. The van der Waals surface area contributed by atoms with Crippen LogP contribution in [0.1, 0.15) is 18.1 Å². The first-order chi connectivity index (χ1) is 9.37. The van der Waals surface area contributed by atoms with Crippen LogP contribution in [0, 0.1) is 13.8 Å². The Balaban J connectivity index is 2.54. The number of hydrogen-bond acceptors (Lipinski definition) is 4. The fourth-order valence-corrected chi connectivity index (χ4v) is 4.62. The van der Waals surface area contributed by atoms with Gasteiger partial charge in [0.25, 0.3) is 0 Å². The van der Waals surface area contributed by atoms with Crippen LogP contribution in [0.4, 0.5) is 0 Å². The SMILES string of the molecule is COc1c(C)cc(C)cc1S(=O)(=O)N1CCNC[C@@H]1C. The molecule has 0 amide bonds. The maximum Gasteiger partial charge on any atom is 0.247 e. The summed E-state index contributed by atoms with van der Waals surface area (Å²) in [6.45, 7) is 7.51. The van der Waals surface area contributed by atoms with Crippen LogP contribution in [0.5, 0.6) is 5.75 Å². The predicted molar refractivity (Wildman–Crippen MR) is 78.7 cm³/mol. The van der Waals surface area contributed by atoms with Crippen LogP contribution in [0.15, 0.2) is 17.0 Å². The van der Waals surface area contributed by atoms with Crippen molar-refractivity contribution in [2.75, 3.05) is 26.7 Å². The Morgan fingerprint density at radius 1 is 1.35 bits per heavy atom. The first-order valence-electron chi connectivity index (χ1n) is 6.75. The van der Waals surface area contributed by atoms with Gasteiger partial charge < -0.3 is 10.1 Å². The molecule has 1 atom stereocenters. The summed E-state index contributed by atoms with van der Waals surface area (Å²) in [6.07, 6.45) is 0. The van der Waals surface area contributed by atoms with Crippen molar-refractivity contribution in [1.82, 2.24) is 9.62 Å². The summed E-state index contributed by atoms with van der Waals surface area (Å²) in [5, 5.41) is 3.20. The molecule has 1 aromatic carbocycles. The molecule has 6 heteroatoms. The number of rotatable bonds is 3. The van der Waals surface area contributed by atoms with E-state index in [4.69, 9.17) is 4.74 Å². The van der Waals surface area contributed by atoms with Crippen molar-refractivity contribution in [1.29, 1.82) is 0 Å². The smallest absolute Gasteiger partial charge is 0.247 e. The summed E-state index contributed by atoms with van der Waals surface area (Å²) in [5.74, 6) is 0.446. The molecule has 0 spiro atoms. The van der Waals surface area contributed by atoms with E-state index in [1.807, 2.05) is 26.8 Å². The average molecular weight is 298 g/mol. The number of methoxy groups -OCH3 is 1. The van der Waals surface area contributed by atoms with Gasteiger partial charge in [0.2, 0.25) is 10.0 Å². The van der Waals surface area contributed by atoms with E-state index in [1.165, 1.54) is 7.11 Å². The maximum atomic E-state index is 12.9. The van der Waals surface area contributed by atoms with E-state index in [2.05, 4.69) is 5.32 Å². The third-order valence-electron chi connectivity index (χ3n) is 3.62. The predicted octanol–water partition coefficient (Wildman–Crippen LogP) is 1.29. The number of nitrogens with one attached hydrogen (secondary N) is 1. The molecule has 0 saturated carbocycles. The highest BCUT2D eigenvalue weighted by Crippen LogP contribution is 2.32. The molecule has 0 radical (unpaired) electrons. The highest BCUT2D eigenvalue weighted by molar-refractivity contribution is 7.89. The summed E-state index contributed by atoms with van der Waals surface area (Å²) in [4.78, 5) is 0.270. The lowest BCUT2D eigenvalue weighted by Crippen LogP contribution is -2.52. The van der Waals surface area contributed by atoms with E-state index >= 15 is 0 Å². The summed E-state index contributed by atoms with van der Waals surface area (Å²) in [5.41, 5.74) is 1.76. The standard InChI is InChI=1S/C14H22N2O3S/c1-10-7-11(2)14(19-4)13(8-10)20(17,18)16-6-5-15-9-12(16)3/h7-8,12,15H,5-6,9H2,1-4H3/t12-/m0/s1. The maximum absolute atomic E-state index is 12.9. The van der Waals surface area contributed by atoms with E-state index in [9.17, 15) is 8.42 Å². The summed E-state index contributed by atoms with van der Waals surface area (Å²) in [6, 6.07) is 3.56. The molecule has 1 N–H and O–H groups in total. The molecule has 0 unspecified atom stereocenters. The second kappa shape index (κ2) is 5.71. The Bertz CT molecular complexity index is 599. The highest BCUT2D eigenvalue weighted by Gasteiger charge is 2.33. The van der Waals surface area contributed by atoms with Crippen molar-refractivity contribution in [2.45, 2.75) is 31.7 Å². The van der Waals surface area contributed by atoms with Gasteiger partial charge in [0.1, 0.15) is 10.6 Å². The third kappa shape index (κ3) is 2.68. The molecular weight excluding hydrogens is 276 g/mol. The summed E-state index contributed by atoms with van der Waals surface area (Å²) < 4.78 is 32.7. The monoisotopic (exact) mass is 298 g/mol. The van der Waals surface area contributed by atoms with Crippen LogP contribution in [0.2, 0.25) is 0 Å². The normalized spacial score (nSPS) is 20.9. The minimum atomic E-state index is -3.53. The van der Waals surface area contributed by atoms with Gasteiger partial charge in [-0.15, -0.1) is 0 Å². The topological polar surface area (TPSA) is 58.6 Å². The molecule has 20 heavy (non-hydrogen) atoms. The molecule has 0 aliphatic carbocycles. The van der Waals surface area contributed by atoms with Crippen LogP contribution >= 0.6 is 0 Å². The van der Waals surface area contributed by atoms with Crippen molar-refractivity contribution >= 4 is 10.0 Å². The molecule has 0 bridgehead atoms. The Morgan fingerprint density at radius 3 is 2.65 bits per heavy atom. The lowest BCUT2D eigenvalue weighted by Gasteiger charge is -2.33. The Morgan fingerprint density at radius 2 is 2.05 bits per heavy atom. The van der Waals surface area contributed by atoms with Crippen molar-refractivity contribution in [3.05, 3.63) is 23.3 Å². The number of benzene rings is 1. The quantitative estimate of drug-likeness (QED) is 0.913. The number of hydrogen-bond donors (Lipinski definition) is 1. The molecular formula is C14H22N2O3S. The fraction of sp³-hybridized carbons (Fsp3) is 0.571. The first-order valence-corrected chi connectivity index (χ1v) is 8.19. The Labute approximate surface area is 121 Å². The van der Waals surface area contributed by atoms with Crippen molar-refractivity contribution in [2.24, 2.45) is 0 Å². The van der Waals surface area contributed by atoms with Gasteiger partial charge in [-0.3, -0.25) is 0 Å². The zero-order chi connectivity index (χ0) is 14.9. The molecule has 1 aliphatic heterocycles. The molecule has 0 aromatic heterocycles. The second-order valence-electron chi connectivity index (χ2n) is 5.28.